The third-order valence-electron chi connectivity index (χ3n) is 7.60. The largest absolute Gasteiger partial charge is 0.394 e. The summed E-state index contributed by atoms with van der Waals surface area (Å²) in [6, 6.07) is 28.3. The Kier molecular flexibility index (Phi) is 6.04. The molecule has 198 valence electrons. The highest BCUT2D eigenvalue weighted by Gasteiger charge is 2.68. The first-order valence-corrected chi connectivity index (χ1v) is 12.5. The lowest BCUT2D eigenvalue weighted by Crippen LogP contribution is -2.62. The molecule has 10 heteroatoms. The van der Waals surface area contributed by atoms with Crippen LogP contribution in [0.5, 0.6) is 0 Å². The molecule has 0 saturated carbocycles. The van der Waals surface area contributed by atoms with Gasteiger partial charge >= 0.3 is 0 Å². The van der Waals surface area contributed by atoms with E-state index < -0.39 is 36.1 Å². The zero-order chi connectivity index (χ0) is 27.2. The van der Waals surface area contributed by atoms with Gasteiger partial charge in [0.05, 0.1) is 18.3 Å². The fourth-order valence-corrected chi connectivity index (χ4v) is 5.99. The number of nitrogens with two attached hydrogens (primary N) is 2. The molecule has 0 amide bonds. The van der Waals surface area contributed by atoms with Crippen LogP contribution in [0.4, 0.5) is 11.8 Å². The van der Waals surface area contributed by atoms with Crippen molar-refractivity contribution < 1.29 is 20.1 Å². The predicted octanol–water partition coefficient (Wildman–Crippen LogP) is 2.01. The Bertz CT molecular complexity index is 1500. The van der Waals surface area contributed by atoms with Gasteiger partial charge in [-0.3, -0.25) is 4.57 Å². The number of nitrogen functional groups attached to an aromatic ring is 2. The fraction of sp³-hybridized carbons (Fsp3) is 0.207. The van der Waals surface area contributed by atoms with E-state index in [9.17, 15) is 15.3 Å². The van der Waals surface area contributed by atoms with Crippen molar-refractivity contribution in [3.63, 3.8) is 0 Å². The molecule has 0 radical (unpaired) electrons. The maximum absolute atomic E-state index is 13.2. The van der Waals surface area contributed by atoms with Gasteiger partial charge in [-0.2, -0.15) is 9.97 Å². The smallest absolute Gasteiger partial charge is 0.224 e. The number of hydrogen-bond acceptors (Lipinski definition) is 9. The molecule has 3 heterocycles. The van der Waals surface area contributed by atoms with Gasteiger partial charge in [-0.15, -0.1) is 0 Å². The number of imidazole rings is 1. The molecule has 3 aromatic carbocycles. The highest BCUT2D eigenvalue weighted by Crippen LogP contribution is 2.57. The number of nitrogens with zero attached hydrogens (tertiary/aromatic N) is 4. The molecule has 1 aliphatic rings. The summed E-state index contributed by atoms with van der Waals surface area (Å²) in [5.74, 6) is -0.0135. The van der Waals surface area contributed by atoms with Crippen molar-refractivity contribution >= 4 is 22.9 Å². The van der Waals surface area contributed by atoms with Crippen LogP contribution in [0.2, 0.25) is 0 Å². The number of aromatic nitrogens is 4. The molecule has 5 aromatic rings. The Balaban J connectivity index is 1.74. The Morgan fingerprint density at radius 1 is 0.846 bits per heavy atom. The second-order valence-electron chi connectivity index (χ2n) is 9.62. The quantitative estimate of drug-likeness (QED) is 0.209. The molecule has 0 bridgehead atoms. The third kappa shape index (κ3) is 3.53. The number of anilines is 2. The van der Waals surface area contributed by atoms with Crippen LogP contribution in [0, 0.1) is 0 Å². The highest BCUT2D eigenvalue weighted by molar-refractivity contribution is 5.82. The lowest BCUT2D eigenvalue weighted by atomic mass is 9.57. The van der Waals surface area contributed by atoms with E-state index in [0.29, 0.717) is 16.7 Å². The number of hydrogen-bond donors (Lipinski definition) is 5. The van der Waals surface area contributed by atoms with E-state index in [0.717, 1.165) is 0 Å². The fourth-order valence-electron chi connectivity index (χ4n) is 5.99. The minimum absolute atomic E-state index is 0.0671. The van der Waals surface area contributed by atoms with Crippen LogP contribution in [-0.2, 0) is 10.2 Å². The highest BCUT2D eigenvalue weighted by atomic mass is 16.6. The van der Waals surface area contributed by atoms with Crippen molar-refractivity contribution in [3.8, 4) is 0 Å². The van der Waals surface area contributed by atoms with Gasteiger partial charge in [0.25, 0.3) is 0 Å². The molecule has 39 heavy (non-hydrogen) atoms. The van der Waals surface area contributed by atoms with Crippen molar-refractivity contribution in [2.75, 3.05) is 18.1 Å². The molecule has 7 N–H and O–H groups in total. The van der Waals surface area contributed by atoms with Crippen LogP contribution in [0.25, 0.3) is 11.2 Å². The van der Waals surface area contributed by atoms with Crippen LogP contribution >= 0.6 is 0 Å². The molecule has 0 unspecified atom stereocenters. The lowest BCUT2D eigenvalue weighted by Gasteiger charge is -2.50. The number of aliphatic hydroxyl groups excluding tert-OH is 2. The van der Waals surface area contributed by atoms with E-state index in [1.807, 2.05) is 91.0 Å². The van der Waals surface area contributed by atoms with Gasteiger partial charge in [-0.1, -0.05) is 91.0 Å². The first-order valence-electron chi connectivity index (χ1n) is 12.5. The molecule has 2 aromatic heterocycles. The Morgan fingerprint density at radius 3 is 1.85 bits per heavy atom. The van der Waals surface area contributed by atoms with Gasteiger partial charge in [-0.25, -0.2) is 4.98 Å². The third-order valence-corrected chi connectivity index (χ3v) is 7.60. The Labute approximate surface area is 224 Å². The molecule has 0 spiro atoms. The predicted molar refractivity (Wildman–Crippen MR) is 145 cm³/mol. The maximum atomic E-state index is 13.2. The SMILES string of the molecule is Nc1nc(N)c2ncn([C@@H]3O[C@H](CO)[C@@H](O)[C@]3(O)C(c3ccccc3)(c3ccccc3)c3ccccc3)c2n1. The second-order valence-corrected chi connectivity index (χ2v) is 9.62. The van der Waals surface area contributed by atoms with Gasteiger partial charge in [0.1, 0.15) is 17.7 Å². The average Bonchev–Trinajstić information content (AvgIpc) is 3.49. The van der Waals surface area contributed by atoms with E-state index in [1.165, 1.54) is 10.9 Å². The maximum Gasteiger partial charge on any atom is 0.224 e. The van der Waals surface area contributed by atoms with Crippen molar-refractivity contribution in [1.82, 2.24) is 19.5 Å². The summed E-state index contributed by atoms with van der Waals surface area (Å²) < 4.78 is 7.76. The second kappa shape index (κ2) is 9.44. The van der Waals surface area contributed by atoms with E-state index in [2.05, 4.69) is 15.0 Å². The monoisotopic (exact) mass is 524 g/mol. The molecule has 1 fully saturated rings. The summed E-state index contributed by atoms with van der Waals surface area (Å²) >= 11 is 0. The van der Waals surface area contributed by atoms with E-state index in [1.54, 1.807) is 0 Å². The van der Waals surface area contributed by atoms with Gasteiger partial charge in [0.15, 0.2) is 23.3 Å². The minimum atomic E-state index is -2.12. The first-order chi connectivity index (χ1) is 18.9. The molecule has 1 aliphatic heterocycles. The van der Waals surface area contributed by atoms with Crippen LogP contribution < -0.4 is 11.5 Å². The zero-order valence-electron chi connectivity index (χ0n) is 20.9. The van der Waals surface area contributed by atoms with Gasteiger partial charge in [-0.05, 0) is 16.7 Å². The summed E-state index contributed by atoms with van der Waals surface area (Å²) in [6.45, 7) is -0.541. The van der Waals surface area contributed by atoms with Gasteiger partial charge in [0.2, 0.25) is 5.95 Å². The van der Waals surface area contributed by atoms with Gasteiger partial charge in [0, 0.05) is 0 Å². The van der Waals surface area contributed by atoms with E-state index >= 15 is 0 Å². The number of ether oxygens (including phenoxy) is 1. The van der Waals surface area contributed by atoms with Gasteiger partial charge < -0.3 is 31.5 Å². The number of fused-ring (bicyclic) bond motifs is 1. The molecule has 10 nitrogen and oxygen atoms in total. The number of rotatable bonds is 6. The summed E-state index contributed by atoms with van der Waals surface area (Å²) in [7, 11) is 0. The number of aliphatic hydroxyl groups is 3. The molecule has 1 saturated heterocycles. The molecule has 6 rings (SSSR count). The van der Waals surface area contributed by atoms with Crippen molar-refractivity contribution in [2.45, 2.75) is 29.5 Å². The Hall–Kier alpha value is -4.35. The van der Waals surface area contributed by atoms with Crippen molar-refractivity contribution in [1.29, 1.82) is 0 Å². The van der Waals surface area contributed by atoms with E-state index in [4.69, 9.17) is 16.2 Å². The van der Waals surface area contributed by atoms with Crippen LogP contribution in [0.1, 0.15) is 22.9 Å². The topological polar surface area (TPSA) is 166 Å². The summed E-state index contributed by atoms with van der Waals surface area (Å²) in [5, 5.41) is 35.4. The molecular weight excluding hydrogens is 496 g/mol. The van der Waals surface area contributed by atoms with Crippen LogP contribution in [0.3, 0.4) is 0 Å². The summed E-state index contributed by atoms with van der Waals surface area (Å²) in [5.41, 5.74) is 11.1. The molecule has 4 atom stereocenters. The van der Waals surface area contributed by atoms with Crippen LogP contribution in [-0.4, -0.2) is 59.3 Å². The summed E-state index contributed by atoms with van der Waals surface area (Å²) in [6.07, 6.45) is -2.56. The summed E-state index contributed by atoms with van der Waals surface area (Å²) in [4.78, 5) is 12.7. The standard InChI is InChI=1S/C29H28N6O4/c30-24-22-25(34-27(31)33-24)35(17-32-22)26-29(38,23(37)21(16-36)39-26)28(18-10-4-1-5-11-18,19-12-6-2-7-13-19)20-14-8-3-9-15-20/h1-15,17,21,23,26,36-38H,16H2,(H4,30,31,33,34)/t21-,23-,26-,29-/m1/s1. The van der Waals surface area contributed by atoms with Crippen molar-refractivity contribution in [2.24, 2.45) is 0 Å². The normalized spacial score (nSPS) is 23.3. The van der Waals surface area contributed by atoms with E-state index in [-0.39, 0.29) is 22.9 Å². The van der Waals surface area contributed by atoms with Crippen molar-refractivity contribution in [3.05, 3.63) is 114 Å². The first kappa shape index (κ1) is 25.0. The molecule has 0 aliphatic carbocycles. The van der Waals surface area contributed by atoms with Crippen LogP contribution in [0.15, 0.2) is 97.3 Å². The Morgan fingerprint density at radius 2 is 1.36 bits per heavy atom. The number of benzene rings is 3. The molecular formula is C29H28N6O4. The minimum Gasteiger partial charge on any atom is -0.394 e. The lowest BCUT2D eigenvalue weighted by molar-refractivity contribution is -0.136. The average molecular weight is 525 g/mol. The zero-order valence-corrected chi connectivity index (χ0v) is 20.9.